The normalized spacial score (nSPS) is 25.8. The predicted molar refractivity (Wildman–Crippen MR) is 91.8 cm³/mol. The number of hydrogen-bond acceptors (Lipinski definition) is 6. The molecule has 0 spiro atoms. The summed E-state index contributed by atoms with van der Waals surface area (Å²) in [5.41, 5.74) is 0. The highest BCUT2D eigenvalue weighted by Crippen LogP contribution is 2.27. The molecule has 0 N–H and O–H groups in total. The van der Waals surface area contributed by atoms with Gasteiger partial charge < -0.3 is 9.64 Å². The maximum absolute atomic E-state index is 12.9. The molecule has 3 heterocycles. The number of hydrogen-bond donors (Lipinski definition) is 0. The first kappa shape index (κ1) is 17.7. The number of carbonyl (C=O) groups excluding carboxylic acids is 1. The summed E-state index contributed by atoms with van der Waals surface area (Å²) in [7, 11) is 0. The molecule has 24 heavy (non-hydrogen) atoms. The van der Waals surface area contributed by atoms with Crippen molar-refractivity contribution in [1.29, 1.82) is 0 Å². The molecule has 0 aromatic carbocycles. The zero-order valence-corrected chi connectivity index (χ0v) is 15.4. The SMILES string of the molecule is CCC1CCCCN1C(=O)C(C)Sc1nnnn1CC1CCCO1. The maximum Gasteiger partial charge on any atom is 0.236 e. The summed E-state index contributed by atoms with van der Waals surface area (Å²) >= 11 is 1.45. The van der Waals surface area contributed by atoms with Crippen LogP contribution in [0.4, 0.5) is 0 Å². The van der Waals surface area contributed by atoms with Gasteiger partial charge in [-0.05, 0) is 55.9 Å². The zero-order chi connectivity index (χ0) is 16.9. The van der Waals surface area contributed by atoms with Gasteiger partial charge in [-0.2, -0.15) is 0 Å². The van der Waals surface area contributed by atoms with Gasteiger partial charge in [-0.15, -0.1) is 5.10 Å². The third-order valence-corrected chi connectivity index (χ3v) is 5.97. The lowest BCUT2D eigenvalue weighted by Gasteiger charge is -2.36. The minimum absolute atomic E-state index is 0.175. The van der Waals surface area contributed by atoms with Gasteiger partial charge in [-0.1, -0.05) is 18.7 Å². The number of likely N-dealkylation sites (tertiary alicyclic amines) is 1. The van der Waals surface area contributed by atoms with Gasteiger partial charge in [0.2, 0.25) is 11.1 Å². The van der Waals surface area contributed by atoms with Crippen molar-refractivity contribution in [2.45, 2.75) is 81.5 Å². The Kier molecular flexibility index (Phi) is 6.10. The summed E-state index contributed by atoms with van der Waals surface area (Å²) in [6.45, 7) is 6.48. The molecule has 1 aromatic heterocycles. The third kappa shape index (κ3) is 4.08. The van der Waals surface area contributed by atoms with Crippen LogP contribution in [0, 0.1) is 0 Å². The Morgan fingerprint density at radius 3 is 3.00 bits per heavy atom. The van der Waals surface area contributed by atoms with Gasteiger partial charge in [0.15, 0.2) is 0 Å². The van der Waals surface area contributed by atoms with Gasteiger partial charge in [-0.3, -0.25) is 4.79 Å². The molecule has 2 fully saturated rings. The van der Waals surface area contributed by atoms with Crippen LogP contribution >= 0.6 is 11.8 Å². The van der Waals surface area contributed by atoms with Crippen molar-refractivity contribution in [1.82, 2.24) is 25.1 Å². The minimum atomic E-state index is -0.175. The molecule has 1 amide bonds. The number of rotatable bonds is 6. The molecule has 3 atom stereocenters. The van der Waals surface area contributed by atoms with E-state index in [2.05, 4.69) is 27.3 Å². The number of amides is 1. The second kappa shape index (κ2) is 8.29. The Morgan fingerprint density at radius 1 is 1.38 bits per heavy atom. The number of ether oxygens (including phenoxy) is 1. The topological polar surface area (TPSA) is 73.1 Å². The summed E-state index contributed by atoms with van der Waals surface area (Å²) in [5.74, 6) is 0.207. The quantitative estimate of drug-likeness (QED) is 0.730. The summed E-state index contributed by atoms with van der Waals surface area (Å²) in [6.07, 6.45) is 6.81. The van der Waals surface area contributed by atoms with Gasteiger partial charge in [0.1, 0.15) is 0 Å². The fourth-order valence-corrected chi connectivity index (χ4v) is 4.40. The highest BCUT2D eigenvalue weighted by atomic mass is 32.2. The molecule has 0 saturated carbocycles. The number of thioether (sulfide) groups is 1. The van der Waals surface area contributed by atoms with Crippen molar-refractivity contribution < 1.29 is 9.53 Å². The molecule has 1 aromatic rings. The highest BCUT2D eigenvalue weighted by molar-refractivity contribution is 8.00. The van der Waals surface area contributed by atoms with E-state index in [4.69, 9.17) is 4.74 Å². The molecule has 7 nitrogen and oxygen atoms in total. The van der Waals surface area contributed by atoms with Crippen LogP contribution in [0.25, 0.3) is 0 Å². The van der Waals surface area contributed by atoms with Crippen LogP contribution in [0.5, 0.6) is 0 Å². The van der Waals surface area contributed by atoms with Crippen LogP contribution in [0.3, 0.4) is 0 Å². The average Bonchev–Trinajstić information content (AvgIpc) is 3.27. The standard InChI is InChI=1S/C16H27N5O2S/c1-3-13-7-4-5-9-20(13)15(22)12(2)24-16-17-18-19-21(16)11-14-8-6-10-23-14/h12-14H,3-11H2,1-2H3. The van der Waals surface area contributed by atoms with E-state index < -0.39 is 0 Å². The van der Waals surface area contributed by atoms with E-state index in [1.165, 1.54) is 18.2 Å². The van der Waals surface area contributed by atoms with E-state index in [1.54, 1.807) is 4.68 Å². The fourth-order valence-electron chi connectivity index (χ4n) is 3.53. The number of piperidine rings is 1. The van der Waals surface area contributed by atoms with Crippen molar-refractivity contribution in [2.75, 3.05) is 13.2 Å². The summed E-state index contributed by atoms with van der Waals surface area (Å²) < 4.78 is 7.43. The summed E-state index contributed by atoms with van der Waals surface area (Å²) in [6, 6.07) is 0.386. The van der Waals surface area contributed by atoms with Crippen molar-refractivity contribution in [2.24, 2.45) is 0 Å². The van der Waals surface area contributed by atoms with Crippen LogP contribution in [0.1, 0.15) is 52.4 Å². The molecule has 0 bridgehead atoms. The molecule has 8 heteroatoms. The maximum atomic E-state index is 12.9. The smallest absolute Gasteiger partial charge is 0.236 e. The lowest BCUT2D eigenvalue weighted by atomic mass is 10.00. The Labute approximate surface area is 147 Å². The van der Waals surface area contributed by atoms with Gasteiger partial charge in [0.25, 0.3) is 0 Å². The Morgan fingerprint density at radius 2 is 2.25 bits per heavy atom. The minimum Gasteiger partial charge on any atom is -0.376 e. The molecule has 3 unspecified atom stereocenters. The molecule has 2 saturated heterocycles. The van der Waals surface area contributed by atoms with Gasteiger partial charge in [0, 0.05) is 19.2 Å². The average molecular weight is 353 g/mol. The summed E-state index contributed by atoms with van der Waals surface area (Å²) in [4.78, 5) is 14.9. The first-order valence-corrected chi connectivity index (χ1v) is 9.92. The van der Waals surface area contributed by atoms with Crippen LogP contribution in [-0.2, 0) is 16.1 Å². The predicted octanol–water partition coefficient (Wildman–Crippen LogP) is 2.12. The van der Waals surface area contributed by atoms with E-state index in [0.29, 0.717) is 17.7 Å². The van der Waals surface area contributed by atoms with E-state index in [0.717, 1.165) is 45.3 Å². The first-order valence-electron chi connectivity index (χ1n) is 9.04. The van der Waals surface area contributed by atoms with Gasteiger partial charge >= 0.3 is 0 Å². The van der Waals surface area contributed by atoms with Crippen LogP contribution in [-0.4, -0.2) is 61.6 Å². The lowest BCUT2D eigenvalue weighted by Crippen LogP contribution is -2.46. The van der Waals surface area contributed by atoms with Gasteiger partial charge in [0.05, 0.1) is 17.9 Å². The number of aromatic nitrogens is 4. The molecular weight excluding hydrogens is 326 g/mol. The Bertz CT molecular complexity index is 546. The van der Waals surface area contributed by atoms with Crippen LogP contribution in [0.15, 0.2) is 5.16 Å². The molecule has 134 valence electrons. The molecule has 3 rings (SSSR count). The highest BCUT2D eigenvalue weighted by Gasteiger charge is 2.30. The zero-order valence-electron chi connectivity index (χ0n) is 14.6. The van der Waals surface area contributed by atoms with Crippen molar-refractivity contribution in [3.05, 3.63) is 0 Å². The van der Waals surface area contributed by atoms with Gasteiger partial charge in [-0.25, -0.2) is 4.68 Å². The van der Waals surface area contributed by atoms with E-state index >= 15 is 0 Å². The number of tetrazole rings is 1. The molecule has 2 aliphatic rings. The third-order valence-electron chi connectivity index (χ3n) is 4.91. The molecule has 0 aliphatic carbocycles. The first-order chi connectivity index (χ1) is 11.7. The van der Waals surface area contributed by atoms with Crippen molar-refractivity contribution in [3.8, 4) is 0 Å². The van der Waals surface area contributed by atoms with Crippen molar-refractivity contribution >= 4 is 17.7 Å². The Balaban J connectivity index is 1.60. The lowest BCUT2D eigenvalue weighted by molar-refractivity contribution is -0.134. The Hall–Kier alpha value is -1.15. The van der Waals surface area contributed by atoms with Crippen molar-refractivity contribution in [3.63, 3.8) is 0 Å². The second-order valence-corrected chi connectivity index (χ2v) is 7.94. The van der Waals surface area contributed by atoms with E-state index in [-0.39, 0.29) is 17.3 Å². The largest absolute Gasteiger partial charge is 0.376 e. The monoisotopic (exact) mass is 353 g/mol. The summed E-state index contributed by atoms with van der Waals surface area (Å²) in [5, 5.41) is 12.5. The number of carbonyl (C=O) groups is 1. The second-order valence-electron chi connectivity index (χ2n) is 6.63. The molecule has 0 radical (unpaired) electrons. The molecular formula is C16H27N5O2S. The van der Waals surface area contributed by atoms with E-state index in [9.17, 15) is 4.79 Å². The molecule has 2 aliphatic heterocycles. The number of nitrogens with zero attached hydrogens (tertiary/aromatic N) is 5. The van der Waals surface area contributed by atoms with E-state index in [1.807, 2.05) is 6.92 Å². The van der Waals surface area contributed by atoms with Crippen LogP contribution in [0.2, 0.25) is 0 Å². The van der Waals surface area contributed by atoms with Crippen LogP contribution < -0.4 is 0 Å². The fraction of sp³-hybridized carbons (Fsp3) is 0.875.